The molecule has 0 rings (SSSR count). The fourth-order valence-electron chi connectivity index (χ4n) is 0.358. The Morgan fingerprint density at radius 1 is 1.60 bits per heavy atom. The molecule has 0 aromatic rings. The molecule has 0 unspecified atom stereocenters. The molecule has 0 aromatic heterocycles. The fraction of sp³-hybridized carbons (Fsp3) is 0.800. The van der Waals surface area contributed by atoms with Gasteiger partial charge in [0, 0.05) is 11.5 Å². The number of halogens is 1. The number of thioether (sulfide) groups is 1. The third-order valence-electron chi connectivity index (χ3n) is 0.693. The second kappa shape index (κ2) is 6.67. The Hall–Kier alpha value is -0.450. The molecule has 0 aromatic carbocycles. The largest absolute Gasteiger partial charge is 0.449 e. The summed E-state index contributed by atoms with van der Waals surface area (Å²) in [7, 11) is 0. The van der Waals surface area contributed by atoms with Crippen molar-refractivity contribution in [3.8, 4) is 0 Å². The summed E-state index contributed by atoms with van der Waals surface area (Å²) < 4.78 is 15.8. The van der Waals surface area contributed by atoms with E-state index in [4.69, 9.17) is 0 Å². The van der Waals surface area contributed by atoms with E-state index in [-0.39, 0.29) is 13.3 Å². The Labute approximate surface area is 63.1 Å². The SMILES string of the molecule is NC(=O)OCCSCCF. The molecule has 0 bridgehead atoms. The van der Waals surface area contributed by atoms with Gasteiger partial charge in [0.05, 0.1) is 6.67 Å². The first kappa shape index (κ1) is 9.55. The van der Waals surface area contributed by atoms with E-state index in [0.717, 1.165) is 0 Å². The van der Waals surface area contributed by atoms with Crippen molar-refractivity contribution < 1.29 is 13.9 Å². The average molecular weight is 167 g/mol. The maximum Gasteiger partial charge on any atom is 0.404 e. The molecule has 0 radical (unpaired) electrons. The van der Waals surface area contributed by atoms with Gasteiger partial charge < -0.3 is 10.5 Å². The molecule has 0 aliphatic heterocycles. The van der Waals surface area contributed by atoms with Gasteiger partial charge in [-0.1, -0.05) is 0 Å². The fourth-order valence-corrected chi connectivity index (χ4v) is 0.872. The average Bonchev–Trinajstić information content (AvgIpc) is 1.87. The van der Waals surface area contributed by atoms with E-state index in [1.165, 1.54) is 11.8 Å². The van der Waals surface area contributed by atoms with Crippen molar-refractivity contribution >= 4 is 17.9 Å². The molecule has 0 saturated heterocycles. The highest BCUT2D eigenvalue weighted by molar-refractivity contribution is 7.99. The topological polar surface area (TPSA) is 52.3 Å². The maximum absolute atomic E-state index is 11.4. The van der Waals surface area contributed by atoms with Crippen LogP contribution in [0.25, 0.3) is 0 Å². The van der Waals surface area contributed by atoms with Crippen molar-refractivity contribution in [2.24, 2.45) is 5.73 Å². The zero-order chi connectivity index (χ0) is 7.82. The number of alkyl halides is 1. The second-order valence-corrected chi connectivity index (χ2v) is 2.69. The highest BCUT2D eigenvalue weighted by atomic mass is 32.2. The zero-order valence-electron chi connectivity index (χ0n) is 5.51. The van der Waals surface area contributed by atoms with E-state index in [9.17, 15) is 9.18 Å². The Morgan fingerprint density at radius 2 is 2.30 bits per heavy atom. The molecule has 10 heavy (non-hydrogen) atoms. The first-order chi connectivity index (χ1) is 4.77. The van der Waals surface area contributed by atoms with Gasteiger partial charge in [0.1, 0.15) is 6.61 Å². The van der Waals surface area contributed by atoms with Gasteiger partial charge in [-0.3, -0.25) is 4.39 Å². The van der Waals surface area contributed by atoms with E-state index in [2.05, 4.69) is 10.5 Å². The highest BCUT2D eigenvalue weighted by Crippen LogP contribution is 1.98. The van der Waals surface area contributed by atoms with Crippen LogP contribution in [-0.4, -0.2) is 30.9 Å². The van der Waals surface area contributed by atoms with Crippen LogP contribution < -0.4 is 5.73 Å². The van der Waals surface area contributed by atoms with Gasteiger partial charge in [-0.05, 0) is 0 Å². The Balaban J connectivity index is 2.84. The number of hydrogen-bond acceptors (Lipinski definition) is 3. The van der Waals surface area contributed by atoms with E-state index in [1.807, 2.05) is 0 Å². The molecule has 1 amide bonds. The van der Waals surface area contributed by atoms with E-state index in [0.29, 0.717) is 11.5 Å². The van der Waals surface area contributed by atoms with Crippen molar-refractivity contribution in [2.75, 3.05) is 24.8 Å². The number of hydrogen-bond donors (Lipinski definition) is 1. The van der Waals surface area contributed by atoms with E-state index >= 15 is 0 Å². The zero-order valence-corrected chi connectivity index (χ0v) is 6.32. The molecule has 0 saturated carbocycles. The first-order valence-corrected chi connectivity index (χ1v) is 3.98. The number of nitrogens with two attached hydrogens (primary N) is 1. The summed E-state index contributed by atoms with van der Waals surface area (Å²) in [6.45, 7) is -0.0821. The standard InChI is InChI=1S/C5H10FNO2S/c6-1-3-10-4-2-9-5(7)8/h1-4H2,(H2,7,8). The molecule has 60 valence electrons. The number of ether oxygens (including phenoxy) is 1. The van der Waals surface area contributed by atoms with Crippen LogP contribution >= 0.6 is 11.8 Å². The monoisotopic (exact) mass is 167 g/mol. The van der Waals surface area contributed by atoms with E-state index < -0.39 is 6.09 Å². The minimum absolute atomic E-state index is 0.264. The molecular weight excluding hydrogens is 157 g/mol. The predicted molar refractivity (Wildman–Crippen MR) is 38.8 cm³/mol. The summed E-state index contributed by atoms with van der Waals surface area (Å²) in [5.74, 6) is 1.05. The van der Waals surface area contributed by atoms with Gasteiger partial charge >= 0.3 is 6.09 Å². The van der Waals surface area contributed by atoms with E-state index in [1.54, 1.807) is 0 Å². The summed E-state index contributed by atoms with van der Waals surface area (Å²) >= 11 is 1.39. The van der Waals surface area contributed by atoms with Gasteiger partial charge in [0.15, 0.2) is 0 Å². The molecule has 0 heterocycles. The maximum atomic E-state index is 11.4. The minimum atomic E-state index is -0.777. The highest BCUT2D eigenvalue weighted by Gasteiger charge is 1.92. The normalized spacial score (nSPS) is 9.30. The van der Waals surface area contributed by atoms with Gasteiger partial charge in [-0.15, -0.1) is 0 Å². The molecule has 0 spiro atoms. The molecule has 0 aliphatic carbocycles. The van der Waals surface area contributed by atoms with Crippen LogP contribution in [0, 0.1) is 0 Å². The first-order valence-electron chi connectivity index (χ1n) is 2.83. The lowest BCUT2D eigenvalue weighted by molar-refractivity contribution is 0.164. The summed E-state index contributed by atoms with van der Waals surface area (Å²) in [6.07, 6.45) is -0.777. The summed E-state index contributed by atoms with van der Waals surface area (Å²) in [6, 6.07) is 0. The lowest BCUT2D eigenvalue weighted by Gasteiger charge is -1.98. The third kappa shape index (κ3) is 7.55. The van der Waals surface area contributed by atoms with Crippen molar-refractivity contribution in [3.63, 3.8) is 0 Å². The Kier molecular flexibility index (Phi) is 6.37. The lowest BCUT2D eigenvalue weighted by atomic mass is 10.8. The molecule has 0 atom stereocenters. The van der Waals surface area contributed by atoms with Gasteiger partial charge in [0.25, 0.3) is 0 Å². The van der Waals surface area contributed by atoms with Crippen LogP contribution in [-0.2, 0) is 4.74 Å². The third-order valence-corrected chi connectivity index (χ3v) is 1.59. The van der Waals surface area contributed by atoms with Crippen molar-refractivity contribution in [1.29, 1.82) is 0 Å². The van der Waals surface area contributed by atoms with Crippen molar-refractivity contribution in [2.45, 2.75) is 0 Å². The van der Waals surface area contributed by atoms with Crippen LogP contribution in [0.2, 0.25) is 0 Å². The Morgan fingerprint density at radius 3 is 2.80 bits per heavy atom. The number of carbonyl (C=O) groups excluding carboxylic acids is 1. The quantitative estimate of drug-likeness (QED) is 0.616. The van der Waals surface area contributed by atoms with Crippen molar-refractivity contribution in [3.05, 3.63) is 0 Å². The van der Waals surface area contributed by atoms with Gasteiger partial charge in [0.2, 0.25) is 0 Å². The van der Waals surface area contributed by atoms with Crippen LogP contribution in [0.5, 0.6) is 0 Å². The predicted octanol–water partition coefficient (Wildman–Crippen LogP) is 0.784. The Bertz CT molecular complexity index is 102. The lowest BCUT2D eigenvalue weighted by Crippen LogP contribution is -2.14. The molecule has 0 fully saturated rings. The molecular formula is C5H10FNO2S. The number of rotatable bonds is 5. The van der Waals surface area contributed by atoms with Crippen LogP contribution in [0.1, 0.15) is 0 Å². The minimum Gasteiger partial charge on any atom is -0.449 e. The number of primary amides is 1. The second-order valence-electron chi connectivity index (χ2n) is 1.47. The smallest absolute Gasteiger partial charge is 0.404 e. The van der Waals surface area contributed by atoms with Crippen molar-refractivity contribution in [1.82, 2.24) is 0 Å². The summed E-state index contributed by atoms with van der Waals surface area (Å²) in [5.41, 5.74) is 4.66. The molecule has 3 nitrogen and oxygen atoms in total. The molecule has 2 N–H and O–H groups in total. The molecule has 0 aliphatic rings. The number of amides is 1. The van der Waals surface area contributed by atoms with Crippen LogP contribution in [0.4, 0.5) is 9.18 Å². The van der Waals surface area contributed by atoms with Gasteiger partial charge in [-0.25, -0.2) is 4.79 Å². The van der Waals surface area contributed by atoms with Crippen LogP contribution in [0.15, 0.2) is 0 Å². The number of carbonyl (C=O) groups is 1. The molecule has 5 heteroatoms. The summed E-state index contributed by atoms with van der Waals surface area (Å²) in [5, 5.41) is 0. The summed E-state index contributed by atoms with van der Waals surface area (Å²) in [4.78, 5) is 9.95. The van der Waals surface area contributed by atoms with Crippen LogP contribution in [0.3, 0.4) is 0 Å². The van der Waals surface area contributed by atoms with Gasteiger partial charge in [-0.2, -0.15) is 11.8 Å².